The van der Waals surface area contributed by atoms with Crippen molar-refractivity contribution in [1.82, 2.24) is 0 Å². The number of carbonyl (C=O) groups is 2. The second kappa shape index (κ2) is 7.82. The molecule has 0 bridgehead atoms. The molecule has 1 aliphatic rings. The molecule has 0 saturated heterocycles. The Kier molecular flexibility index (Phi) is 5.72. The van der Waals surface area contributed by atoms with E-state index in [0.717, 1.165) is 17.0 Å². The fraction of sp³-hybridized carbons (Fsp3) is 0.200. The number of allylic oxidation sites excluding steroid dienone is 1. The van der Waals surface area contributed by atoms with Crippen LogP contribution >= 0.6 is 15.9 Å². The van der Waals surface area contributed by atoms with Crippen LogP contribution in [-0.2, 0) is 11.0 Å². The van der Waals surface area contributed by atoms with Gasteiger partial charge in [0, 0.05) is 34.7 Å². The summed E-state index contributed by atoms with van der Waals surface area (Å²) in [4.78, 5) is 25.0. The number of anilines is 1. The summed E-state index contributed by atoms with van der Waals surface area (Å²) in [7, 11) is 0. The number of carboxylic acids is 1. The van der Waals surface area contributed by atoms with Crippen molar-refractivity contribution >= 4 is 39.1 Å². The van der Waals surface area contributed by atoms with Gasteiger partial charge in [-0.1, -0.05) is 34.1 Å². The van der Waals surface area contributed by atoms with E-state index < -0.39 is 53.6 Å². The molecule has 0 spiro atoms. The summed E-state index contributed by atoms with van der Waals surface area (Å²) in [6, 6.07) is 8.24. The van der Waals surface area contributed by atoms with Gasteiger partial charge in [-0.2, -0.15) is 13.2 Å². The summed E-state index contributed by atoms with van der Waals surface area (Å²) >= 11 is 2.93. The lowest BCUT2D eigenvalue weighted by molar-refractivity contribution is -0.138. The number of para-hydroxylation sites is 1. The molecule has 0 fully saturated rings. The van der Waals surface area contributed by atoms with Gasteiger partial charge >= 0.3 is 12.1 Å². The molecule has 0 saturated carbocycles. The molecule has 0 aromatic heterocycles. The molecule has 0 unspecified atom stereocenters. The van der Waals surface area contributed by atoms with Crippen molar-refractivity contribution in [3.63, 3.8) is 0 Å². The Morgan fingerprint density at radius 2 is 1.80 bits per heavy atom. The topological polar surface area (TPSA) is 57.6 Å². The van der Waals surface area contributed by atoms with Crippen LogP contribution in [0.25, 0.3) is 5.57 Å². The average Bonchev–Trinajstić information content (AvgIpc) is 2.75. The van der Waals surface area contributed by atoms with Crippen LogP contribution in [0, 0.1) is 0 Å². The molecule has 1 heterocycles. The minimum absolute atomic E-state index is 0.0942. The minimum atomic E-state index is -4.85. The number of carbonyl (C=O) groups excluding carboxylic acids is 1. The monoisotopic (exact) mass is 489 g/mol. The van der Waals surface area contributed by atoms with E-state index in [1.54, 1.807) is 0 Å². The van der Waals surface area contributed by atoms with Gasteiger partial charge < -0.3 is 10.0 Å². The van der Waals surface area contributed by atoms with Gasteiger partial charge in [-0.05, 0) is 24.3 Å². The Hall–Kier alpha value is -2.75. The predicted octanol–water partition coefficient (Wildman–Crippen LogP) is 5.62. The number of rotatable bonds is 2. The van der Waals surface area contributed by atoms with E-state index in [-0.39, 0.29) is 15.7 Å². The lowest BCUT2D eigenvalue weighted by Gasteiger charge is -2.24. The average molecular weight is 490 g/mol. The Morgan fingerprint density at radius 3 is 2.43 bits per heavy atom. The van der Waals surface area contributed by atoms with Crippen LogP contribution in [0.1, 0.15) is 27.9 Å². The van der Waals surface area contributed by atoms with Crippen LogP contribution in [-0.4, -0.2) is 29.5 Å². The van der Waals surface area contributed by atoms with E-state index in [4.69, 9.17) is 5.11 Å². The van der Waals surface area contributed by atoms with Crippen LogP contribution in [0.2, 0.25) is 0 Å². The second-order valence-corrected chi connectivity index (χ2v) is 7.43. The fourth-order valence-electron chi connectivity index (χ4n) is 3.24. The number of alkyl halides is 5. The van der Waals surface area contributed by atoms with Gasteiger partial charge in [0.15, 0.2) is 0 Å². The van der Waals surface area contributed by atoms with Crippen LogP contribution < -0.4 is 4.90 Å². The molecule has 1 amide bonds. The molecule has 2 aromatic carbocycles. The Bertz CT molecular complexity index is 1050. The van der Waals surface area contributed by atoms with Crippen LogP contribution in [0.3, 0.4) is 0 Å². The van der Waals surface area contributed by atoms with E-state index in [1.807, 2.05) is 0 Å². The van der Waals surface area contributed by atoms with Crippen molar-refractivity contribution in [2.24, 2.45) is 0 Å². The van der Waals surface area contributed by atoms with E-state index in [2.05, 4.69) is 15.9 Å². The highest BCUT2D eigenvalue weighted by Gasteiger charge is 2.43. The Morgan fingerprint density at radius 1 is 1.13 bits per heavy atom. The third-order valence-corrected chi connectivity index (χ3v) is 5.05. The zero-order chi connectivity index (χ0) is 22.3. The number of aliphatic carboxylic acids is 1. The summed E-state index contributed by atoms with van der Waals surface area (Å²) in [5.41, 5.74) is -3.05. The highest BCUT2D eigenvalue weighted by molar-refractivity contribution is 9.10. The van der Waals surface area contributed by atoms with E-state index in [9.17, 15) is 31.5 Å². The first-order valence-electron chi connectivity index (χ1n) is 8.53. The van der Waals surface area contributed by atoms with Crippen molar-refractivity contribution in [3.8, 4) is 0 Å². The standard InChI is InChI=1S/C20H13BrF5NO3/c21-11-5-6-13(15(9-11)20(24,25)26)18(30)27-8-7-19(22,23)14(10-17(28)29)12-3-1-2-4-16(12)27/h1-6,9-10H,7-8H2,(H,28,29)/b14-10-. The quantitative estimate of drug-likeness (QED) is 0.439. The van der Waals surface area contributed by atoms with Crippen LogP contribution in [0.5, 0.6) is 0 Å². The Balaban J connectivity index is 2.19. The van der Waals surface area contributed by atoms with Crippen molar-refractivity contribution in [3.05, 3.63) is 69.7 Å². The molecule has 10 heteroatoms. The molecular weight excluding hydrogens is 477 g/mol. The maximum Gasteiger partial charge on any atom is 0.417 e. The number of hydrogen-bond donors (Lipinski definition) is 1. The zero-order valence-corrected chi connectivity index (χ0v) is 16.6. The smallest absolute Gasteiger partial charge is 0.417 e. The number of amides is 1. The SMILES string of the molecule is O=C(O)/C=C1/c2ccccc2N(C(=O)c2ccc(Br)cc2C(F)(F)F)CCC1(F)F. The van der Waals surface area contributed by atoms with Crippen molar-refractivity contribution in [2.75, 3.05) is 11.4 Å². The lowest BCUT2D eigenvalue weighted by Crippen LogP contribution is -2.34. The number of nitrogens with zero attached hydrogens (tertiary/aromatic N) is 1. The fourth-order valence-corrected chi connectivity index (χ4v) is 3.60. The van der Waals surface area contributed by atoms with Crippen molar-refractivity contribution in [2.45, 2.75) is 18.5 Å². The number of benzene rings is 2. The molecule has 3 rings (SSSR count). The first kappa shape index (κ1) is 21.9. The van der Waals surface area contributed by atoms with Crippen LogP contribution in [0.15, 0.2) is 53.0 Å². The van der Waals surface area contributed by atoms with E-state index >= 15 is 0 Å². The highest BCUT2D eigenvalue weighted by atomic mass is 79.9. The van der Waals surface area contributed by atoms with Crippen molar-refractivity contribution < 1.29 is 36.6 Å². The maximum absolute atomic E-state index is 14.7. The van der Waals surface area contributed by atoms with Gasteiger partial charge in [0.1, 0.15) is 0 Å². The van der Waals surface area contributed by atoms with E-state index in [1.165, 1.54) is 30.3 Å². The summed E-state index contributed by atoms with van der Waals surface area (Å²) in [6.07, 6.45) is -5.45. The molecule has 158 valence electrons. The molecule has 1 N–H and O–H groups in total. The number of hydrogen-bond acceptors (Lipinski definition) is 2. The normalized spacial score (nSPS) is 17.4. The van der Waals surface area contributed by atoms with Gasteiger partial charge in [0.2, 0.25) is 0 Å². The zero-order valence-electron chi connectivity index (χ0n) is 15.0. The third kappa shape index (κ3) is 4.23. The summed E-state index contributed by atoms with van der Waals surface area (Å²) in [5.74, 6) is -6.32. The summed E-state index contributed by atoms with van der Waals surface area (Å²) in [6.45, 7) is -0.604. The van der Waals surface area contributed by atoms with Gasteiger partial charge in [0.25, 0.3) is 11.8 Å². The van der Waals surface area contributed by atoms with Gasteiger partial charge in [-0.15, -0.1) is 0 Å². The molecule has 1 aliphatic heterocycles. The third-order valence-electron chi connectivity index (χ3n) is 4.56. The summed E-state index contributed by atoms with van der Waals surface area (Å²) < 4.78 is 69.9. The number of fused-ring (bicyclic) bond motifs is 1. The maximum atomic E-state index is 14.7. The first-order valence-corrected chi connectivity index (χ1v) is 9.32. The largest absolute Gasteiger partial charge is 0.478 e. The van der Waals surface area contributed by atoms with Gasteiger partial charge in [-0.3, -0.25) is 4.79 Å². The van der Waals surface area contributed by atoms with Crippen molar-refractivity contribution in [1.29, 1.82) is 0 Å². The molecule has 4 nitrogen and oxygen atoms in total. The lowest BCUT2D eigenvalue weighted by atomic mass is 9.97. The molecule has 0 aliphatic carbocycles. The van der Waals surface area contributed by atoms with Crippen LogP contribution in [0.4, 0.5) is 27.6 Å². The molecule has 0 atom stereocenters. The van der Waals surface area contributed by atoms with Gasteiger partial charge in [-0.25, -0.2) is 13.6 Å². The highest BCUT2D eigenvalue weighted by Crippen LogP contribution is 2.44. The number of halogens is 6. The molecule has 0 radical (unpaired) electrons. The molecule has 2 aromatic rings. The van der Waals surface area contributed by atoms with Gasteiger partial charge in [0.05, 0.1) is 16.8 Å². The minimum Gasteiger partial charge on any atom is -0.478 e. The predicted molar refractivity (Wildman–Crippen MR) is 102 cm³/mol. The second-order valence-electron chi connectivity index (χ2n) is 6.51. The molecular formula is C20H13BrF5NO3. The van der Waals surface area contributed by atoms with E-state index in [0.29, 0.717) is 6.08 Å². The molecule has 30 heavy (non-hydrogen) atoms. The first-order chi connectivity index (χ1) is 13.9. The summed E-state index contributed by atoms with van der Waals surface area (Å²) in [5, 5.41) is 9.00. The Labute approximate surface area is 175 Å². The number of carboxylic acid groups (broad SMARTS) is 1.